The van der Waals surface area contributed by atoms with Crippen LogP contribution in [0, 0.1) is 18.4 Å². The lowest BCUT2D eigenvalue weighted by Gasteiger charge is -2.05. The van der Waals surface area contributed by atoms with Crippen molar-refractivity contribution in [3.05, 3.63) is 41.6 Å². The molecule has 0 bridgehead atoms. The number of aromatic nitrogens is 1. The Morgan fingerprint density at radius 2 is 1.82 bits per heavy atom. The molecule has 0 N–H and O–H groups in total. The summed E-state index contributed by atoms with van der Waals surface area (Å²) in [5.74, 6) is 3.25. The van der Waals surface area contributed by atoms with Gasteiger partial charge in [0.2, 0.25) is 0 Å². The second kappa shape index (κ2) is 4.35. The van der Waals surface area contributed by atoms with Crippen molar-refractivity contribution in [2.45, 2.75) is 26.6 Å². The van der Waals surface area contributed by atoms with Crippen molar-refractivity contribution < 1.29 is 0 Å². The summed E-state index contributed by atoms with van der Waals surface area (Å²) in [5, 5.41) is 1.18. The van der Waals surface area contributed by atoms with Crippen molar-refractivity contribution in [3.63, 3.8) is 0 Å². The van der Waals surface area contributed by atoms with Crippen LogP contribution in [0.15, 0.2) is 30.3 Å². The highest BCUT2D eigenvalue weighted by molar-refractivity contribution is 6.83. The predicted molar refractivity (Wildman–Crippen MR) is 76.7 cm³/mol. The molecule has 0 radical (unpaired) electrons. The van der Waals surface area contributed by atoms with Gasteiger partial charge in [0.05, 0.1) is 5.52 Å². The summed E-state index contributed by atoms with van der Waals surface area (Å²) >= 11 is 0. The Hall–Kier alpha value is -1.59. The Morgan fingerprint density at radius 1 is 1.12 bits per heavy atom. The van der Waals surface area contributed by atoms with Crippen LogP contribution in [-0.2, 0) is 0 Å². The molecule has 2 rings (SSSR count). The monoisotopic (exact) mass is 239 g/mol. The molecule has 2 aromatic rings. The van der Waals surface area contributed by atoms with Crippen LogP contribution in [0.25, 0.3) is 10.9 Å². The van der Waals surface area contributed by atoms with Crippen molar-refractivity contribution in [1.82, 2.24) is 4.98 Å². The molecule has 1 heterocycles. The van der Waals surface area contributed by atoms with Gasteiger partial charge in [-0.15, -0.1) is 5.54 Å². The van der Waals surface area contributed by atoms with E-state index < -0.39 is 8.07 Å². The highest BCUT2D eigenvalue weighted by Crippen LogP contribution is 2.15. The molecule has 0 saturated heterocycles. The van der Waals surface area contributed by atoms with Gasteiger partial charge in [-0.3, -0.25) is 0 Å². The number of pyridine rings is 1. The minimum absolute atomic E-state index is 0.922. The topological polar surface area (TPSA) is 12.9 Å². The van der Waals surface area contributed by atoms with Crippen LogP contribution >= 0.6 is 0 Å². The molecule has 1 nitrogen and oxygen atoms in total. The smallest absolute Gasteiger partial charge is 0.129 e. The molecule has 86 valence electrons. The summed E-state index contributed by atoms with van der Waals surface area (Å²) in [5.41, 5.74) is 6.48. The predicted octanol–water partition coefficient (Wildman–Crippen LogP) is 3.77. The summed E-state index contributed by atoms with van der Waals surface area (Å²) in [6.07, 6.45) is 0. The molecule has 0 spiro atoms. The first-order valence-corrected chi connectivity index (χ1v) is 9.35. The van der Waals surface area contributed by atoms with Crippen LogP contribution in [0.3, 0.4) is 0 Å². The standard InChI is InChI=1S/C15H17NSi/c1-12-11-13-7-5-6-8-15(13)16-14(12)9-10-17(2,3)4/h5-8,11H,1-4H3. The quantitative estimate of drug-likeness (QED) is 0.504. The Morgan fingerprint density at radius 3 is 2.53 bits per heavy atom. The normalized spacial score (nSPS) is 11.1. The lowest BCUT2D eigenvalue weighted by molar-refractivity contribution is 1.29. The second-order valence-electron chi connectivity index (χ2n) is 5.35. The molecule has 0 unspecified atom stereocenters. The molecule has 1 aromatic heterocycles. The molecule has 0 atom stereocenters. The average molecular weight is 239 g/mol. The first kappa shape index (κ1) is 11.9. The number of hydrogen-bond acceptors (Lipinski definition) is 1. The maximum Gasteiger partial charge on any atom is 0.129 e. The van der Waals surface area contributed by atoms with Gasteiger partial charge in [0.1, 0.15) is 13.8 Å². The van der Waals surface area contributed by atoms with Gasteiger partial charge in [-0.2, -0.15) is 0 Å². The molecule has 2 heteroatoms. The van der Waals surface area contributed by atoms with E-state index in [9.17, 15) is 0 Å². The fourth-order valence-corrected chi connectivity index (χ4v) is 2.09. The molecular formula is C15H17NSi. The van der Waals surface area contributed by atoms with Crippen LogP contribution in [-0.4, -0.2) is 13.1 Å². The van der Waals surface area contributed by atoms with Gasteiger partial charge in [0.15, 0.2) is 0 Å². The maximum atomic E-state index is 4.63. The van der Waals surface area contributed by atoms with E-state index in [2.05, 4.69) is 55.1 Å². The molecule has 0 aliphatic rings. The number of benzene rings is 1. The zero-order chi connectivity index (χ0) is 12.5. The average Bonchev–Trinajstić information content (AvgIpc) is 2.25. The van der Waals surface area contributed by atoms with Crippen LogP contribution in [0.1, 0.15) is 11.3 Å². The third-order valence-corrected chi connectivity index (χ3v) is 3.35. The zero-order valence-electron chi connectivity index (χ0n) is 10.8. The van der Waals surface area contributed by atoms with E-state index in [1.807, 2.05) is 18.2 Å². The van der Waals surface area contributed by atoms with Crippen LogP contribution in [0.5, 0.6) is 0 Å². The molecule has 17 heavy (non-hydrogen) atoms. The first-order valence-electron chi connectivity index (χ1n) is 5.85. The van der Waals surface area contributed by atoms with E-state index in [-0.39, 0.29) is 0 Å². The van der Waals surface area contributed by atoms with Gasteiger partial charge in [-0.1, -0.05) is 43.8 Å². The number of nitrogens with zero attached hydrogens (tertiary/aromatic N) is 1. The molecule has 0 fully saturated rings. The lowest BCUT2D eigenvalue weighted by atomic mass is 10.1. The van der Waals surface area contributed by atoms with Crippen molar-refractivity contribution in [2.24, 2.45) is 0 Å². The van der Waals surface area contributed by atoms with E-state index in [1.165, 1.54) is 5.39 Å². The number of para-hydroxylation sites is 1. The SMILES string of the molecule is Cc1cc2ccccc2nc1C#C[Si](C)(C)C. The van der Waals surface area contributed by atoms with Crippen LogP contribution < -0.4 is 0 Å². The fraction of sp³-hybridized carbons (Fsp3) is 0.267. The summed E-state index contributed by atoms with van der Waals surface area (Å²) in [6.45, 7) is 8.82. The molecule has 0 aliphatic heterocycles. The highest BCUT2D eigenvalue weighted by atomic mass is 28.3. The summed E-state index contributed by atoms with van der Waals surface area (Å²) in [6, 6.07) is 10.3. The first-order chi connectivity index (χ1) is 7.96. The van der Waals surface area contributed by atoms with Gasteiger partial charge >= 0.3 is 0 Å². The van der Waals surface area contributed by atoms with Crippen LogP contribution in [0.2, 0.25) is 19.6 Å². The second-order valence-corrected chi connectivity index (χ2v) is 10.1. The zero-order valence-corrected chi connectivity index (χ0v) is 11.8. The van der Waals surface area contributed by atoms with Gasteiger partial charge in [-0.05, 0) is 24.6 Å². The summed E-state index contributed by atoms with van der Waals surface area (Å²) in [4.78, 5) is 4.63. The fourth-order valence-electron chi connectivity index (χ4n) is 1.59. The van der Waals surface area contributed by atoms with Gasteiger partial charge < -0.3 is 0 Å². The van der Waals surface area contributed by atoms with Crippen molar-refractivity contribution in [1.29, 1.82) is 0 Å². The van der Waals surface area contributed by atoms with Crippen molar-refractivity contribution >= 4 is 19.0 Å². The van der Waals surface area contributed by atoms with E-state index in [0.29, 0.717) is 0 Å². The number of aryl methyl sites for hydroxylation is 1. The van der Waals surface area contributed by atoms with Crippen molar-refractivity contribution in [2.75, 3.05) is 0 Å². The Balaban J connectivity index is 2.54. The third-order valence-electron chi connectivity index (χ3n) is 2.47. The Bertz CT molecular complexity index is 612. The summed E-state index contributed by atoms with van der Waals surface area (Å²) < 4.78 is 0. The van der Waals surface area contributed by atoms with E-state index in [4.69, 9.17) is 0 Å². The van der Waals surface area contributed by atoms with Crippen LogP contribution in [0.4, 0.5) is 0 Å². The Kier molecular flexibility index (Phi) is 3.04. The van der Waals surface area contributed by atoms with Gasteiger partial charge in [0, 0.05) is 5.39 Å². The molecule has 1 aromatic carbocycles. The lowest BCUT2D eigenvalue weighted by Crippen LogP contribution is -2.16. The minimum atomic E-state index is -1.33. The van der Waals surface area contributed by atoms with Gasteiger partial charge in [0.25, 0.3) is 0 Å². The number of rotatable bonds is 0. The Labute approximate surface area is 104 Å². The van der Waals surface area contributed by atoms with E-state index in [0.717, 1.165) is 16.8 Å². The maximum absolute atomic E-state index is 4.63. The molecule has 0 saturated carbocycles. The third kappa shape index (κ3) is 2.95. The minimum Gasteiger partial charge on any atom is -0.239 e. The van der Waals surface area contributed by atoms with E-state index in [1.54, 1.807) is 0 Å². The van der Waals surface area contributed by atoms with Crippen molar-refractivity contribution in [3.8, 4) is 11.5 Å². The molecule has 0 amide bonds. The largest absolute Gasteiger partial charge is 0.239 e. The molecular weight excluding hydrogens is 222 g/mol. The number of hydrogen-bond donors (Lipinski definition) is 0. The van der Waals surface area contributed by atoms with Gasteiger partial charge in [-0.25, -0.2) is 4.98 Å². The van der Waals surface area contributed by atoms with E-state index >= 15 is 0 Å². The highest BCUT2D eigenvalue weighted by Gasteiger charge is 2.08. The summed E-state index contributed by atoms with van der Waals surface area (Å²) in [7, 11) is -1.33. The number of fused-ring (bicyclic) bond motifs is 1. The molecule has 0 aliphatic carbocycles.